The number of carbonyl (C=O) groups is 1. The number of nitrogens with zero attached hydrogens (tertiary/aromatic N) is 1. The quantitative estimate of drug-likeness (QED) is 0.567. The highest BCUT2D eigenvalue weighted by Crippen LogP contribution is 2.16. The Morgan fingerprint density at radius 1 is 1.04 bits per heavy atom. The number of amides is 1. The molecule has 0 saturated carbocycles. The Bertz CT molecular complexity index is 938. The number of ether oxygens (including phenoxy) is 1. The van der Waals surface area contributed by atoms with Crippen LogP contribution in [-0.2, 0) is 4.79 Å². The molecular weight excluding hydrogens is 319 g/mol. The number of nitrogens with one attached hydrogen (secondary N) is 1. The van der Waals surface area contributed by atoms with Gasteiger partial charge in [0.1, 0.15) is 0 Å². The summed E-state index contributed by atoms with van der Waals surface area (Å²) in [6.07, 6.45) is 0. The number of hydrogen-bond acceptors (Lipinski definition) is 3. The maximum absolute atomic E-state index is 13.4. The fraction of sp³-hybridized carbons (Fsp3) is 0.100. The molecule has 3 aromatic rings. The van der Waals surface area contributed by atoms with E-state index in [1.807, 2.05) is 49.4 Å². The molecule has 25 heavy (non-hydrogen) atoms. The highest BCUT2D eigenvalue weighted by Gasteiger charge is 2.06. The lowest BCUT2D eigenvalue weighted by atomic mass is 10.0. The Labute approximate surface area is 144 Å². The number of fused-ring (bicyclic) bond motifs is 1. The summed E-state index contributed by atoms with van der Waals surface area (Å²) in [5.74, 6) is -0.928. The van der Waals surface area contributed by atoms with Crippen molar-refractivity contribution < 1.29 is 13.9 Å². The van der Waals surface area contributed by atoms with Crippen LogP contribution in [0.4, 0.5) is 4.39 Å². The first-order chi connectivity index (χ1) is 12.1. The summed E-state index contributed by atoms with van der Waals surface area (Å²) in [6, 6.07) is 19.9. The van der Waals surface area contributed by atoms with Crippen LogP contribution in [0.15, 0.2) is 71.8 Å². The fourth-order valence-corrected chi connectivity index (χ4v) is 2.36. The lowest BCUT2D eigenvalue weighted by Crippen LogP contribution is -2.25. The number of rotatable bonds is 5. The fourth-order valence-electron chi connectivity index (χ4n) is 2.36. The zero-order chi connectivity index (χ0) is 17.6. The van der Waals surface area contributed by atoms with E-state index in [0.717, 1.165) is 16.3 Å². The van der Waals surface area contributed by atoms with Crippen molar-refractivity contribution in [1.82, 2.24) is 5.43 Å². The van der Waals surface area contributed by atoms with Gasteiger partial charge in [-0.1, -0.05) is 48.5 Å². The molecule has 4 nitrogen and oxygen atoms in total. The molecule has 3 rings (SSSR count). The van der Waals surface area contributed by atoms with E-state index in [0.29, 0.717) is 5.71 Å². The number of hydrazone groups is 1. The second-order valence-electron chi connectivity index (χ2n) is 5.51. The standard InChI is InChI=1S/C20H17FN2O2/c1-14(16-11-10-15-6-2-3-7-17(15)12-16)22-23-20(24)13-25-19-9-5-4-8-18(19)21/h2-12H,13H2,1H3,(H,23,24). The normalized spacial score (nSPS) is 11.4. The predicted octanol–water partition coefficient (Wildman–Crippen LogP) is 3.90. The molecule has 0 aromatic heterocycles. The van der Waals surface area contributed by atoms with E-state index >= 15 is 0 Å². The summed E-state index contributed by atoms with van der Waals surface area (Å²) in [7, 11) is 0. The SMILES string of the molecule is CC(=NNC(=O)COc1ccccc1F)c1ccc2ccccc2c1. The summed E-state index contributed by atoms with van der Waals surface area (Å²) >= 11 is 0. The summed E-state index contributed by atoms with van der Waals surface area (Å²) in [6.45, 7) is 1.50. The van der Waals surface area contributed by atoms with Gasteiger partial charge in [-0.05, 0) is 41.5 Å². The van der Waals surface area contributed by atoms with Crippen LogP contribution in [0.1, 0.15) is 12.5 Å². The molecule has 1 N–H and O–H groups in total. The number of carbonyl (C=O) groups excluding carboxylic acids is 1. The van der Waals surface area contributed by atoms with Crippen LogP contribution < -0.4 is 10.2 Å². The van der Waals surface area contributed by atoms with Gasteiger partial charge in [0.15, 0.2) is 18.2 Å². The highest BCUT2D eigenvalue weighted by atomic mass is 19.1. The third-order valence-corrected chi connectivity index (χ3v) is 3.71. The molecule has 0 bridgehead atoms. The van der Waals surface area contributed by atoms with Crippen LogP contribution in [0, 0.1) is 5.82 Å². The van der Waals surface area contributed by atoms with Crippen molar-refractivity contribution in [2.75, 3.05) is 6.61 Å². The predicted molar refractivity (Wildman–Crippen MR) is 96.2 cm³/mol. The molecule has 5 heteroatoms. The van der Waals surface area contributed by atoms with E-state index in [9.17, 15) is 9.18 Å². The number of hydrogen-bond donors (Lipinski definition) is 1. The zero-order valence-electron chi connectivity index (χ0n) is 13.7. The lowest BCUT2D eigenvalue weighted by molar-refractivity contribution is -0.123. The number of benzene rings is 3. The van der Waals surface area contributed by atoms with Crippen LogP contribution in [0.25, 0.3) is 10.8 Å². The third-order valence-electron chi connectivity index (χ3n) is 3.71. The molecule has 0 atom stereocenters. The van der Waals surface area contributed by atoms with Crippen molar-refractivity contribution in [3.63, 3.8) is 0 Å². The molecule has 0 unspecified atom stereocenters. The summed E-state index contributed by atoms with van der Waals surface area (Å²) in [5, 5.41) is 6.32. The van der Waals surface area contributed by atoms with Gasteiger partial charge in [-0.2, -0.15) is 5.10 Å². The molecule has 0 aliphatic heterocycles. The van der Waals surface area contributed by atoms with Crippen molar-refractivity contribution >= 4 is 22.4 Å². The summed E-state index contributed by atoms with van der Waals surface area (Å²) < 4.78 is 18.6. The number of halogens is 1. The Morgan fingerprint density at radius 3 is 2.56 bits per heavy atom. The number of para-hydroxylation sites is 1. The molecule has 0 aliphatic carbocycles. The third kappa shape index (κ3) is 4.20. The van der Waals surface area contributed by atoms with Gasteiger partial charge in [-0.3, -0.25) is 4.79 Å². The minimum absolute atomic E-state index is 0.0351. The van der Waals surface area contributed by atoms with Gasteiger partial charge in [-0.15, -0.1) is 0 Å². The minimum atomic E-state index is -0.508. The van der Waals surface area contributed by atoms with E-state index in [-0.39, 0.29) is 12.4 Å². The average Bonchev–Trinajstić information content (AvgIpc) is 2.65. The van der Waals surface area contributed by atoms with Gasteiger partial charge >= 0.3 is 0 Å². The Kier molecular flexibility index (Phi) is 5.04. The van der Waals surface area contributed by atoms with Gasteiger partial charge in [0.2, 0.25) is 0 Å². The first kappa shape index (κ1) is 16.6. The Morgan fingerprint density at radius 2 is 1.76 bits per heavy atom. The highest BCUT2D eigenvalue weighted by molar-refractivity contribution is 6.02. The van der Waals surface area contributed by atoms with Crippen LogP contribution >= 0.6 is 0 Å². The van der Waals surface area contributed by atoms with Crippen molar-refractivity contribution in [2.24, 2.45) is 5.10 Å². The van der Waals surface area contributed by atoms with E-state index in [1.54, 1.807) is 12.1 Å². The van der Waals surface area contributed by atoms with Gasteiger partial charge in [0, 0.05) is 0 Å². The van der Waals surface area contributed by atoms with Crippen LogP contribution in [-0.4, -0.2) is 18.2 Å². The average molecular weight is 336 g/mol. The zero-order valence-corrected chi connectivity index (χ0v) is 13.7. The van der Waals surface area contributed by atoms with Gasteiger partial charge in [0.05, 0.1) is 5.71 Å². The first-order valence-electron chi connectivity index (χ1n) is 7.83. The molecule has 0 radical (unpaired) electrons. The second kappa shape index (κ2) is 7.57. The molecule has 0 aliphatic rings. The van der Waals surface area contributed by atoms with Crippen molar-refractivity contribution in [1.29, 1.82) is 0 Å². The van der Waals surface area contributed by atoms with Crippen LogP contribution in [0.5, 0.6) is 5.75 Å². The Balaban J connectivity index is 1.62. The smallest absolute Gasteiger partial charge is 0.277 e. The molecule has 0 fully saturated rings. The van der Waals surface area contributed by atoms with Gasteiger partial charge in [-0.25, -0.2) is 9.82 Å². The Hall–Kier alpha value is -3.21. The minimum Gasteiger partial charge on any atom is -0.481 e. The summed E-state index contributed by atoms with van der Waals surface area (Å²) in [4.78, 5) is 11.8. The van der Waals surface area contributed by atoms with Crippen LogP contribution in [0.2, 0.25) is 0 Å². The van der Waals surface area contributed by atoms with Gasteiger partial charge in [0.25, 0.3) is 5.91 Å². The second-order valence-corrected chi connectivity index (χ2v) is 5.51. The van der Waals surface area contributed by atoms with Crippen LogP contribution in [0.3, 0.4) is 0 Å². The monoisotopic (exact) mass is 336 g/mol. The molecule has 126 valence electrons. The topological polar surface area (TPSA) is 50.7 Å². The molecule has 0 saturated heterocycles. The van der Waals surface area contributed by atoms with Crippen molar-refractivity contribution in [3.8, 4) is 5.75 Å². The van der Waals surface area contributed by atoms with Gasteiger partial charge < -0.3 is 4.74 Å². The maximum Gasteiger partial charge on any atom is 0.277 e. The first-order valence-corrected chi connectivity index (χ1v) is 7.83. The molecular formula is C20H17FN2O2. The molecule has 0 spiro atoms. The largest absolute Gasteiger partial charge is 0.481 e. The lowest BCUT2D eigenvalue weighted by Gasteiger charge is -2.07. The maximum atomic E-state index is 13.4. The molecule has 3 aromatic carbocycles. The van der Waals surface area contributed by atoms with E-state index < -0.39 is 11.7 Å². The van der Waals surface area contributed by atoms with E-state index in [4.69, 9.17) is 4.74 Å². The summed E-state index contributed by atoms with van der Waals surface area (Å²) in [5.41, 5.74) is 4.00. The van der Waals surface area contributed by atoms with E-state index in [2.05, 4.69) is 10.5 Å². The molecule has 0 heterocycles. The van der Waals surface area contributed by atoms with Crippen molar-refractivity contribution in [3.05, 3.63) is 78.1 Å². The van der Waals surface area contributed by atoms with Crippen molar-refractivity contribution in [2.45, 2.75) is 6.92 Å². The van der Waals surface area contributed by atoms with E-state index in [1.165, 1.54) is 12.1 Å². The molecule has 1 amide bonds.